The fourth-order valence-corrected chi connectivity index (χ4v) is 3.52. The van der Waals surface area contributed by atoms with Gasteiger partial charge in [-0.1, -0.05) is 44.2 Å². The molecule has 5 heteroatoms. The van der Waals surface area contributed by atoms with Gasteiger partial charge in [0, 0.05) is 25.6 Å². The second kappa shape index (κ2) is 8.71. The summed E-state index contributed by atoms with van der Waals surface area (Å²) in [6.45, 7) is 5.88. The van der Waals surface area contributed by atoms with Crippen LogP contribution in [0.3, 0.4) is 0 Å². The van der Waals surface area contributed by atoms with Gasteiger partial charge in [-0.15, -0.1) is 0 Å². The molecule has 132 valence electrons. The van der Waals surface area contributed by atoms with Crippen molar-refractivity contribution < 1.29 is 14.7 Å². The first-order valence-electron chi connectivity index (χ1n) is 8.75. The molecule has 1 saturated heterocycles. The largest absolute Gasteiger partial charge is 0.481 e. The second-order valence-corrected chi connectivity index (χ2v) is 7.12. The molecule has 1 aromatic rings. The number of hydrogen-bond acceptors (Lipinski definition) is 2. The third kappa shape index (κ3) is 5.87. The van der Waals surface area contributed by atoms with E-state index in [9.17, 15) is 9.59 Å². The summed E-state index contributed by atoms with van der Waals surface area (Å²) in [5.41, 5.74) is 1.11. The van der Waals surface area contributed by atoms with Crippen molar-refractivity contribution in [3.8, 4) is 0 Å². The summed E-state index contributed by atoms with van der Waals surface area (Å²) in [5.74, 6) is 0.180. The summed E-state index contributed by atoms with van der Waals surface area (Å²) < 4.78 is 0. The van der Waals surface area contributed by atoms with Crippen LogP contribution in [0.4, 0.5) is 4.79 Å². The number of piperidine rings is 1. The molecule has 0 saturated carbocycles. The standard InChI is InChI=1S/C19H28N2O3/c1-14-10-15(2)13-21(12-14)19(24)20-17(8-9-18(22)23)11-16-6-4-3-5-7-16/h3-7,14-15,17H,8-13H2,1-2H3,(H,20,24)(H,22,23). The lowest BCUT2D eigenvalue weighted by Gasteiger charge is -2.36. The van der Waals surface area contributed by atoms with Crippen molar-refractivity contribution >= 4 is 12.0 Å². The Bertz CT molecular complexity index is 537. The summed E-state index contributed by atoms with van der Waals surface area (Å²) in [4.78, 5) is 25.4. The third-order valence-electron chi connectivity index (χ3n) is 4.52. The average molecular weight is 332 g/mol. The molecule has 2 rings (SSSR count). The van der Waals surface area contributed by atoms with Gasteiger partial charge in [-0.05, 0) is 36.7 Å². The first kappa shape index (κ1) is 18.3. The molecular formula is C19H28N2O3. The van der Waals surface area contributed by atoms with Crippen LogP contribution in [-0.4, -0.2) is 41.1 Å². The second-order valence-electron chi connectivity index (χ2n) is 7.12. The Morgan fingerprint density at radius 2 is 1.83 bits per heavy atom. The van der Waals surface area contributed by atoms with Crippen LogP contribution in [-0.2, 0) is 11.2 Å². The van der Waals surface area contributed by atoms with E-state index in [1.165, 1.54) is 0 Å². The highest BCUT2D eigenvalue weighted by Crippen LogP contribution is 2.21. The molecule has 24 heavy (non-hydrogen) atoms. The van der Waals surface area contributed by atoms with Gasteiger partial charge >= 0.3 is 12.0 Å². The van der Waals surface area contributed by atoms with E-state index >= 15 is 0 Å². The molecule has 0 bridgehead atoms. The highest BCUT2D eigenvalue weighted by atomic mass is 16.4. The van der Waals surface area contributed by atoms with Crippen molar-refractivity contribution in [1.82, 2.24) is 10.2 Å². The third-order valence-corrected chi connectivity index (χ3v) is 4.52. The lowest BCUT2D eigenvalue weighted by atomic mass is 9.92. The average Bonchev–Trinajstić information content (AvgIpc) is 2.52. The highest BCUT2D eigenvalue weighted by molar-refractivity contribution is 5.75. The number of urea groups is 1. The van der Waals surface area contributed by atoms with E-state index in [1.807, 2.05) is 35.2 Å². The molecule has 0 aliphatic carbocycles. The van der Waals surface area contributed by atoms with Gasteiger partial charge in [0.05, 0.1) is 0 Å². The monoisotopic (exact) mass is 332 g/mol. The van der Waals surface area contributed by atoms with Crippen LogP contribution >= 0.6 is 0 Å². The zero-order valence-electron chi connectivity index (χ0n) is 14.6. The first-order chi connectivity index (χ1) is 11.4. The minimum absolute atomic E-state index is 0.0601. The van der Waals surface area contributed by atoms with Gasteiger partial charge in [-0.3, -0.25) is 4.79 Å². The fraction of sp³-hybridized carbons (Fsp3) is 0.579. The van der Waals surface area contributed by atoms with Crippen molar-refractivity contribution in [1.29, 1.82) is 0 Å². The van der Waals surface area contributed by atoms with Gasteiger partial charge in [0.1, 0.15) is 0 Å². The Morgan fingerprint density at radius 3 is 2.42 bits per heavy atom. The number of nitrogens with zero attached hydrogens (tertiary/aromatic N) is 1. The van der Waals surface area contributed by atoms with Gasteiger partial charge in [0.25, 0.3) is 0 Å². The summed E-state index contributed by atoms with van der Waals surface area (Å²) in [6.07, 6.45) is 2.30. The molecule has 3 atom stereocenters. The van der Waals surface area contributed by atoms with Crippen molar-refractivity contribution in [2.24, 2.45) is 11.8 Å². The maximum Gasteiger partial charge on any atom is 0.317 e. The molecule has 1 aliphatic heterocycles. The van der Waals surface area contributed by atoms with Crippen LogP contribution < -0.4 is 5.32 Å². The number of hydrogen-bond donors (Lipinski definition) is 2. The van der Waals surface area contributed by atoms with E-state index in [1.54, 1.807) is 0 Å². The lowest BCUT2D eigenvalue weighted by Crippen LogP contribution is -2.50. The van der Waals surface area contributed by atoms with E-state index in [0.717, 1.165) is 25.1 Å². The minimum atomic E-state index is -0.831. The molecule has 0 radical (unpaired) electrons. The molecule has 1 aromatic carbocycles. The van der Waals surface area contributed by atoms with Gasteiger partial charge in [-0.25, -0.2) is 4.79 Å². The predicted molar refractivity (Wildman–Crippen MR) is 93.9 cm³/mol. The zero-order chi connectivity index (χ0) is 17.5. The number of carboxylic acid groups (broad SMARTS) is 1. The van der Waals surface area contributed by atoms with Gasteiger partial charge < -0.3 is 15.3 Å². The summed E-state index contributed by atoms with van der Waals surface area (Å²) >= 11 is 0. The normalized spacial score (nSPS) is 22.0. The number of benzene rings is 1. The van der Waals surface area contributed by atoms with Crippen molar-refractivity contribution in [2.75, 3.05) is 13.1 Å². The molecule has 1 heterocycles. The maximum absolute atomic E-state index is 12.6. The van der Waals surface area contributed by atoms with Gasteiger partial charge in [0.2, 0.25) is 0 Å². The van der Waals surface area contributed by atoms with Crippen molar-refractivity contribution in [3.63, 3.8) is 0 Å². The number of carbonyl (C=O) groups is 2. The van der Waals surface area contributed by atoms with Gasteiger partial charge in [-0.2, -0.15) is 0 Å². The smallest absolute Gasteiger partial charge is 0.317 e. The van der Waals surface area contributed by atoms with Crippen LogP contribution in [0.25, 0.3) is 0 Å². The first-order valence-corrected chi connectivity index (χ1v) is 8.75. The van der Waals surface area contributed by atoms with Crippen molar-refractivity contribution in [2.45, 2.75) is 45.6 Å². The van der Waals surface area contributed by atoms with E-state index < -0.39 is 5.97 Å². The van der Waals surface area contributed by atoms with E-state index in [-0.39, 0.29) is 18.5 Å². The molecular weight excluding hydrogens is 304 g/mol. The lowest BCUT2D eigenvalue weighted by molar-refractivity contribution is -0.137. The SMILES string of the molecule is CC1CC(C)CN(C(=O)NC(CCC(=O)O)Cc2ccccc2)C1. The number of carbonyl (C=O) groups excluding carboxylic acids is 1. The molecule has 1 aliphatic rings. The molecule has 2 amide bonds. The summed E-state index contributed by atoms with van der Waals surface area (Å²) in [5, 5.41) is 12.0. The number of carboxylic acids is 1. The quantitative estimate of drug-likeness (QED) is 0.841. The van der Waals surface area contributed by atoms with E-state index in [0.29, 0.717) is 24.7 Å². The highest BCUT2D eigenvalue weighted by Gasteiger charge is 2.26. The number of amides is 2. The molecule has 5 nitrogen and oxygen atoms in total. The number of nitrogens with one attached hydrogen (secondary N) is 1. The molecule has 3 unspecified atom stereocenters. The van der Waals surface area contributed by atoms with Crippen LogP contribution in [0.15, 0.2) is 30.3 Å². The van der Waals surface area contributed by atoms with Crippen LogP contribution in [0.1, 0.15) is 38.7 Å². The molecule has 2 N–H and O–H groups in total. The Labute approximate surface area is 144 Å². The number of rotatable bonds is 6. The summed E-state index contributed by atoms with van der Waals surface area (Å²) in [7, 11) is 0. The summed E-state index contributed by atoms with van der Waals surface area (Å²) in [6, 6.07) is 9.64. The predicted octanol–water partition coefficient (Wildman–Crippen LogP) is 3.15. The number of likely N-dealkylation sites (tertiary alicyclic amines) is 1. The fourth-order valence-electron chi connectivity index (χ4n) is 3.52. The number of aliphatic carboxylic acids is 1. The Kier molecular flexibility index (Phi) is 6.64. The van der Waals surface area contributed by atoms with Crippen LogP contribution in [0, 0.1) is 11.8 Å². The topological polar surface area (TPSA) is 69.6 Å². The zero-order valence-corrected chi connectivity index (χ0v) is 14.6. The molecule has 0 aromatic heterocycles. The Morgan fingerprint density at radius 1 is 1.21 bits per heavy atom. The van der Waals surface area contributed by atoms with Crippen LogP contribution in [0.5, 0.6) is 0 Å². The molecule has 0 spiro atoms. The minimum Gasteiger partial charge on any atom is -0.481 e. The maximum atomic E-state index is 12.6. The Balaban J connectivity index is 1.98. The van der Waals surface area contributed by atoms with E-state index in [4.69, 9.17) is 5.11 Å². The van der Waals surface area contributed by atoms with Crippen molar-refractivity contribution in [3.05, 3.63) is 35.9 Å². The van der Waals surface area contributed by atoms with Gasteiger partial charge in [0.15, 0.2) is 0 Å². The molecule has 1 fully saturated rings. The van der Waals surface area contributed by atoms with Crippen LogP contribution in [0.2, 0.25) is 0 Å². The van der Waals surface area contributed by atoms with E-state index in [2.05, 4.69) is 19.2 Å². The Hall–Kier alpha value is -2.04.